The van der Waals surface area contributed by atoms with Crippen molar-refractivity contribution in [3.8, 4) is 11.5 Å². The van der Waals surface area contributed by atoms with Crippen LogP contribution in [0.4, 0.5) is 5.69 Å². The van der Waals surface area contributed by atoms with Crippen LogP contribution in [0.5, 0.6) is 11.5 Å². The first-order valence-corrected chi connectivity index (χ1v) is 10.7. The number of amides is 1. The minimum Gasteiger partial charge on any atom is -0.494 e. The highest BCUT2D eigenvalue weighted by Gasteiger charge is 2.19. The number of thioether (sulfide) groups is 1. The molecule has 0 aliphatic rings. The predicted octanol–water partition coefficient (Wildman–Crippen LogP) is 4.57. The van der Waals surface area contributed by atoms with Crippen molar-refractivity contribution in [2.75, 3.05) is 11.9 Å². The van der Waals surface area contributed by atoms with Gasteiger partial charge in [0.1, 0.15) is 18.1 Å². The summed E-state index contributed by atoms with van der Waals surface area (Å²) in [7, 11) is 1.84. The number of para-hydroxylation sites is 1. The van der Waals surface area contributed by atoms with E-state index >= 15 is 0 Å². The zero-order chi connectivity index (χ0) is 21.5. The monoisotopic (exact) mass is 446 g/mol. The summed E-state index contributed by atoms with van der Waals surface area (Å²) < 4.78 is 12.9. The van der Waals surface area contributed by atoms with Crippen molar-refractivity contribution in [2.45, 2.75) is 30.9 Å². The quantitative estimate of drug-likeness (QED) is 0.485. The topological polar surface area (TPSA) is 78.3 Å². The second-order valence-corrected chi connectivity index (χ2v) is 8.10. The lowest BCUT2D eigenvalue weighted by molar-refractivity contribution is -0.115. The standard InChI is InChI=1S/C21H23ClN4O3S/c1-4-28-16-11-9-15(10-12-16)23-20(27)14(2)30-21-25-24-19(26(21)3)13-29-18-8-6-5-7-17(18)22/h5-12,14H,4,13H2,1-3H3,(H,23,27). The van der Waals surface area contributed by atoms with Gasteiger partial charge in [-0.1, -0.05) is 35.5 Å². The number of nitrogens with one attached hydrogen (secondary N) is 1. The molecule has 7 nitrogen and oxygen atoms in total. The smallest absolute Gasteiger partial charge is 0.237 e. The second-order valence-electron chi connectivity index (χ2n) is 6.38. The second kappa shape index (κ2) is 10.4. The van der Waals surface area contributed by atoms with E-state index in [9.17, 15) is 4.79 Å². The Labute approximate surface area is 184 Å². The first kappa shape index (κ1) is 22.0. The molecular weight excluding hydrogens is 424 g/mol. The number of anilines is 1. The molecule has 0 aliphatic heterocycles. The molecule has 9 heteroatoms. The van der Waals surface area contributed by atoms with Gasteiger partial charge in [0.2, 0.25) is 5.91 Å². The van der Waals surface area contributed by atoms with E-state index in [2.05, 4.69) is 15.5 Å². The van der Waals surface area contributed by atoms with E-state index < -0.39 is 0 Å². The van der Waals surface area contributed by atoms with Crippen LogP contribution in [-0.4, -0.2) is 32.5 Å². The lowest BCUT2D eigenvalue weighted by atomic mass is 10.3. The summed E-state index contributed by atoms with van der Waals surface area (Å²) in [4.78, 5) is 12.5. The number of aromatic nitrogens is 3. The lowest BCUT2D eigenvalue weighted by Gasteiger charge is -2.12. The summed E-state index contributed by atoms with van der Waals surface area (Å²) in [6, 6.07) is 14.5. The molecule has 30 heavy (non-hydrogen) atoms. The van der Waals surface area contributed by atoms with Gasteiger partial charge in [-0.15, -0.1) is 10.2 Å². The van der Waals surface area contributed by atoms with Gasteiger partial charge in [-0.2, -0.15) is 0 Å². The highest BCUT2D eigenvalue weighted by atomic mass is 35.5. The molecule has 1 unspecified atom stereocenters. The molecule has 3 rings (SSSR count). The van der Waals surface area contributed by atoms with Gasteiger partial charge < -0.3 is 19.4 Å². The number of benzene rings is 2. The molecule has 0 spiro atoms. The number of hydrogen-bond acceptors (Lipinski definition) is 6. The summed E-state index contributed by atoms with van der Waals surface area (Å²) in [5.41, 5.74) is 0.711. The van der Waals surface area contributed by atoms with Crippen LogP contribution in [-0.2, 0) is 18.4 Å². The summed E-state index contributed by atoms with van der Waals surface area (Å²) in [5.74, 6) is 1.86. The van der Waals surface area contributed by atoms with Crippen LogP contribution in [0.15, 0.2) is 53.7 Å². The van der Waals surface area contributed by atoms with Gasteiger partial charge in [-0.05, 0) is 50.2 Å². The van der Waals surface area contributed by atoms with Gasteiger partial charge in [-0.25, -0.2) is 0 Å². The van der Waals surface area contributed by atoms with E-state index in [-0.39, 0.29) is 17.8 Å². The lowest BCUT2D eigenvalue weighted by Crippen LogP contribution is -2.22. The van der Waals surface area contributed by atoms with Crippen LogP contribution in [0.2, 0.25) is 5.02 Å². The fraction of sp³-hybridized carbons (Fsp3) is 0.286. The molecule has 0 radical (unpaired) electrons. The molecule has 1 atom stereocenters. The Balaban J connectivity index is 1.56. The molecule has 0 aliphatic carbocycles. The molecule has 1 aromatic heterocycles. The molecule has 1 amide bonds. The number of halogens is 1. The fourth-order valence-corrected chi connectivity index (χ4v) is 3.56. The Bertz CT molecular complexity index is 994. The normalized spacial score (nSPS) is 11.7. The van der Waals surface area contributed by atoms with Crippen LogP contribution < -0.4 is 14.8 Å². The molecule has 1 heterocycles. The average Bonchev–Trinajstić information content (AvgIpc) is 3.08. The van der Waals surface area contributed by atoms with E-state index in [4.69, 9.17) is 21.1 Å². The predicted molar refractivity (Wildman–Crippen MR) is 118 cm³/mol. The summed E-state index contributed by atoms with van der Waals surface area (Å²) in [5, 5.41) is 12.0. The average molecular weight is 447 g/mol. The molecule has 0 fully saturated rings. The maximum absolute atomic E-state index is 12.5. The number of carbonyl (C=O) groups excluding carboxylic acids is 1. The molecule has 0 bridgehead atoms. The van der Waals surface area contributed by atoms with Crippen LogP contribution in [0.3, 0.4) is 0 Å². The fourth-order valence-electron chi connectivity index (χ4n) is 2.53. The number of carbonyl (C=O) groups is 1. The molecule has 1 N–H and O–H groups in total. The van der Waals surface area contributed by atoms with Crippen LogP contribution in [0, 0.1) is 0 Å². The molecular formula is C21H23ClN4O3S. The first-order valence-electron chi connectivity index (χ1n) is 9.44. The Hall–Kier alpha value is -2.71. The van der Waals surface area contributed by atoms with E-state index in [1.54, 1.807) is 12.1 Å². The minimum atomic E-state index is -0.364. The Kier molecular flexibility index (Phi) is 7.59. The molecule has 158 valence electrons. The minimum absolute atomic E-state index is 0.124. The highest BCUT2D eigenvalue weighted by Crippen LogP contribution is 2.26. The van der Waals surface area contributed by atoms with Gasteiger partial charge in [0, 0.05) is 12.7 Å². The van der Waals surface area contributed by atoms with Crippen LogP contribution in [0.1, 0.15) is 19.7 Å². The van der Waals surface area contributed by atoms with Crippen molar-refractivity contribution >= 4 is 35.0 Å². The third kappa shape index (κ3) is 5.67. The van der Waals surface area contributed by atoms with E-state index in [0.717, 1.165) is 5.75 Å². The highest BCUT2D eigenvalue weighted by molar-refractivity contribution is 8.00. The van der Waals surface area contributed by atoms with Crippen LogP contribution in [0.25, 0.3) is 0 Å². The largest absolute Gasteiger partial charge is 0.494 e. The maximum atomic E-state index is 12.5. The van der Waals surface area contributed by atoms with Crippen molar-refractivity contribution in [3.63, 3.8) is 0 Å². The Morgan fingerprint density at radius 2 is 1.90 bits per heavy atom. The van der Waals surface area contributed by atoms with Crippen molar-refractivity contribution < 1.29 is 14.3 Å². The summed E-state index contributed by atoms with van der Waals surface area (Å²) in [6.45, 7) is 4.57. The number of rotatable bonds is 9. The van der Waals surface area contributed by atoms with E-state index in [0.29, 0.717) is 34.0 Å². The zero-order valence-corrected chi connectivity index (χ0v) is 18.5. The summed E-state index contributed by atoms with van der Waals surface area (Å²) >= 11 is 7.43. The van der Waals surface area contributed by atoms with Crippen molar-refractivity contribution in [2.24, 2.45) is 7.05 Å². The third-order valence-corrected chi connectivity index (χ3v) is 5.65. The Morgan fingerprint density at radius 1 is 1.17 bits per heavy atom. The zero-order valence-electron chi connectivity index (χ0n) is 17.0. The number of ether oxygens (including phenoxy) is 2. The van der Waals surface area contributed by atoms with Gasteiger partial charge in [0.25, 0.3) is 0 Å². The molecule has 0 saturated carbocycles. The molecule has 0 saturated heterocycles. The number of nitrogens with zero attached hydrogens (tertiary/aromatic N) is 3. The Morgan fingerprint density at radius 3 is 2.60 bits per heavy atom. The van der Waals surface area contributed by atoms with E-state index in [1.807, 2.05) is 61.9 Å². The van der Waals surface area contributed by atoms with Crippen molar-refractivity contribution in [1.82, 2.24) is 14.8 Å². The summed E-state index contributed by atoms with van der Waals surface area (Å²) in [6.07, 6.45) is 0. The van der Waals surface area contributed by atoms with Gasteiger partial charge in [-0.3, -0.25) is 4.79 Å². The number of hydrogen-bond donors (Lipinski definition) is 1. The maximum Gasteiger partial charge on any atom is 0.237 e. The van der Waals surface area contributed by atoms with E-state index in [1.165, 1.54) is 11.8 Å². The first-order chi connectivity index (χ1) is 14.5. The molecule has 3 aromatic rings. The van der Waals surface area contributed by atoms with Crippen molar-refractivity contribution in [3.05, 3.63) is 59.4 Å². The van der Waals surface area contributed by atoms with Crippen LogP contribution >= 0.6 is 23.4 Å². The SMILES string of the molecule is CCOc1ccc(NC(=O)C(C)Sc2nnc(COc3ccccc3Cl)n2C)cc1. The third-order valence-electron chi connectivity index (χ3n) is 4.20. The van der Waals surface area contributed by atoms with Gasteiger partial charge in [0.05, 0.1) is 16.9 Å². The van der Waals surface area contributed by atoms with Crippen molar-refractivity contribution in [1.29, 1.82) is 0 Å². The molecule has 2 aromatic carbocycles. The van der Waals surface area contributed by atoms with Gasteiger partial charge >= 0.3 is 0 Å². The van der Waals surface area contributed by atoms with Gasteiger partial charge in [0.15, 0.2) is 11.0 Å².